The van der Waals surface area contributed by atoms with Crippen LogP contribution in [0, 0.1) is 0 Å². The Balaban J connectivity index is 1.44. The second-order valence-corrected chi connectivity index (χ2v) is 7.81. The van der Waals surface area contributed by atoms with Gasteiger partial charge >= 0.3 is 0 Å². The molecule has 2 aromatic rings. The summed E-state index contributed by atoms with van der Waals surface area (Å²) in [5.41, 5.74) is 2.48. The van der Waals surface area contributed by atoms with Gasteiger partial charge in [0.25, 0.3) is 5.91 Å². The van der Waals surface area contributed by atoms with E-state index < -0.39 is 0 Å². The molecule has 0 N–H and O–H groups in total. The smallest absolute Gasteiger partial charge is 0.274 e. The number of nitrogens with zero attached hydrogens (tertiary/aromatic N) is 5. The molecule has 2 aromatic heterocycles. The highest BCUT2D eigenvalue weighted by molar-refractivity contribution is 5.94. The van der Waals surface area contributed by atoms with Gasteiger partial charge in [-0.05, 0) is 31.5 Å². The Kier molecular flexibility index (Phi) is 4.59. The van der Waals surface area contributed by atoms with Crippen molar-refractivity contribution in [3.8, 4) is 0 Å². The van der Waals surface area contributed by atoms with Crippen molar-refractivity contribution in [2.45, 2.75) is 25.4 Å². The summed E-state index contributed by atoms with van der Waals surface area (Å²) in [6.45, 7) is 7.81. The summed E-state index contributed by atoms with van der Waals surface area (Å²) < 4.78 is 7.50. The number of hydrogen-bond donors (Lipinski definition) is 0. The van der Waals surface area contributed by atoms with E-state index in [-0.39, 0.29) is 5.91 Å². The van der Waals surface area contributed by atoms with Gasteiger partial charge in [-0.25, -0.2) is 4.98 Å². The van der Waals surface area contributed by atoms with Crippen LogP contribution in [0.2, 0.25) is 0 Å². The van der Waals surface area contributed by atoms with Crippen LogP contribution in [0.1, 0.15) is 29.0 Å². The monoisotopic (exact) mass is 369 g/mol. The van der Waals surface area contributed by atoms with Crippen molar-refractivity contribution in [2.75, 3.05) is 52.5 Å². The lowest BCUT2D eigenvalue weighted by Crippen LogP contribution is -2.49. The van der Waals surface area contributed by atoms with Crippen LogP contribution in [0.5, 0.6) is 0 Å². The molecule has 0 radical (unpaired) electrons. The largest absolute Gasteiger partial charge is 0.378 e. The van der Waals surface area contributed by atoms with Gasteiger partial charge in [0.15, 0.2) is 5.69 Å². The number of pyridine rings is 1. The van der Waals surface area contributed by atoms with Crippen LogP contribution in [0.4, 0.5) is 0 Å². The molecule has 0 spiro atoms. The predicted molar refractivity (Wildman–Crippen MR) is 102 cm³/mol. The highest BCUT2D eigenvalue weighted by Gasteiger charge is 2.32. The number of carbonyl (C=O) groups excluding carboxylic acids is 1. The lowest BCUT2D eigenvalue weighted by molar-refractivity contribution is 0.0297. The summed E-state index contributed by atoms with van der Waals surface area (Å²) in [7, 11) is 0. The van der Waals surface area contributed by atoms with Crippen LogP contribution in [0.3, 0.4) is 0 Å². The van der Waals surface area contributed by atoms with Crippen molar-refractivity contribution in [1.29, 1.82) is 0 Å². The molecule has 0 saturated carbocycles. The fraction of sp³-hybridized carbons (Fsp3) is 0.600. The van der Waals surface area contributed by atoms with E-state index in [1.54, 1.807) is 0 Å². The van der Waals surface area contributed by atoms with E-state index in [1.807, 2.05) is 29.3 Å². The minimum absolute atomic E-state index is 0.0384. The Bertz CT molecular complexity index is 829. The van der Waals surface area contributed by atoms with E-state index in [2.05, 4.69) is 14.2 Å². The number of hydrogen-bond acceptors (Lipinski definition) is 5. The number of imidazole rings is 1. The molecule has 1 amide bonds. The second kappa shape index (κ2) is 7.22. The van der Waals surface area contributed by atoms with Gasteiger partial charge in [0, 0.05) is 51.5 Å². The van der Waals surface area contributed by atoms with Crippen LogP contribution >= 0.6 is 0 Å². The minimum atomic E-state index is 0.0384. The normalized spacial score (nSPS) is 24.4. The van der Waals surface area contributed by atoms with Crippen LogP contribution in [-0.4, -0.2) is 88.5 Å². The van der Waals surface area contributed by atoms with E-state index in [0.29, 0.717) is 38.0 Å². The van der Waals surface area contributed by atoms with Crippen molar-refractivity contribution in [3.63, 3.8) is 0 Å². The lowest BCUT2D eigenvalue weighted by atomic mass is 10.1. The highest BCUT2D eigenvalue weighted by atomic mass is 16.5. The molecule has 3 fully saturated rings. The number of fused-ring (bicyclic) bond motifs is 2. The Morgan fingerprint density at radius 3 is 2.93 bits per heavy atom. The number of morpholine rings is 1. The first-order valence-electron chi connectivity index (χ1n) is 10.1. The zero-order valence-electron chi connectivity index (χ0n) is 15.7. The molecule has 7 nitrogen and oxygen atoms in total. The Labute approximate surface area is 159 Å². The Morgan fingerprint density at radius 2 is 2.04 bits per heavy atom. The quantitative estimate of drug-likeness (QED) is 0.811. The number of amides is 1. The molecule has 0 bridgehead atoms. The van der Waals surface area contributed by atoms with Gasteiger partial charge in [0.1, 0.15) is 5.65 Å². The maximum absolute atomic E-state index is 13.2. The molecule has 3 saturated heterocycles. The average Bonchev–Trinajstić information content (AvgIpc) is 3.33. The first-order chi connectivity index (χ1) is 13.3. The molecular weight excluding hydrogens is 342 g/mol. The van der Waals surface area contributed by atoms with Crippen LogP contribution in [0.15, 0.2) is 24.4 Å². The molecule has 27 heavy (non-hydrogen) atoms. The van der Waals surface area contributed by atoms with Crippen LogP contribution in [0.25, 0.3) is 5.65 Å². The van der Waals surface area contributed by atoms with E-state index in [9.17, 15) is 4.79 Å². The Hall–Kier alpha value is -1.96. The third-order valence-corrected chi connectivity index (χ3v) is 6.17. The van der Waals surface area contributed by atoms with Crippen molar-refractivity contribution in [2.24, 2.45) is 0 Å². The standard InChI is InChI=1S/C20H27N5O2/c26-20(24-10-12-27-13-11-24)19-17(25-7-2-1-5-18(25)21-19)15-22-8-9-23-6-3-4-16(23)14-22/h1-2,5,7,16H,3-4,6,8-15H2/t16-/m0/s1. The number of aromatic nitrogens is 2. The van der Waals surface area contributed by atoms with Gasteiger partial charge in [0.05, 0.1) is 18.9 Å². The van der Waals surface area contributed by atoms with Crippen LogP contribution < -0.4 is 0 Å². The summed E-state index contributed by atoms with van der Waals surface area (Å²) in [5.74, 6) is 0.0384. The highest BCUT2D eigenvalue weighted by Crippen LogP contribution is 2.24. The molecule has 7 heteroatoms. The summed E-state index contributed by atoms with van der Waals surface area (Å²) in [6, 6.07) is 6.65. The zero-order chi connectivity index (χ0) is 18.2. The molecule has 0 unspecified atom stereocenters. The second-order valence-electron chi connectivity index (χ2n) is 7.81. The molecule has 5 heterocycles. The average molecular weight is 369 g/mol. The van der Waals surface area contributed by atoms with Crippen molar-refractivity contribution in [3.05, 3.63) is 35.8 Å². The molecule has 3 aliphatic heterocycles. The summed E-state index contributed by atoms with van der Waals surface area (Å²) in [5, 5.41) is 0. The maximum atomic E-state index is 13.2. The number of carbonyl (C=O) groups is 1. The summed E-state index contributed by atoms with van der Waals surface area (Å²) in [6.07, 6.45) is 4.64. The third kappa shape index (κ3) is 3.24. The van der Waals surface area contributed by atoms with Gasteiger partial charge in [-0.2, -0.15) is 0 Å². The third-order valence-electron chi connectivity index (χ3n) is 6.17. The molecule has 144 valence electrons. The van der Waals surface area contributed by atoms with Crippen LogP contribution in [-0.2, 0) is 11.3 Å². The molecule has 5 rings (SSSR count). The van der Waals surface area contributed by atoms with E-state index >= 15 is 0 Å². The van der Waals surface area contributed by atoms with Crippen molar-refractivity contribution >= 4 is 11.6 Å². The fourth-order valence-corrected chi connectivity index (χ4v) is 4.70. The van der Waals surface area contributed by atoms with Gasteiger partial charge in [-0.1, -0.05) is 6.07 Å². The molecule has 3 aliphatic rings. The van der Waals surface area contributed by atoms with Gasteiger partial charge < -0.3 is 14.0 Å². The van der Waals surface area contributed by atoms with E-state index in [1.165, 1.54) is 19.4 Å². The first kappa shape index (κ1) is 17.2. The Morgan fingerprint density at radius 1 is 1.15 bits per heavy atom. The lowest BCUT2D eigenvalue weighted by Gasteiger charge is -2.37. The minimum Gasteiger partial charge on any atom is -0.378 e. The van der Waals surface area contributed by atoms with E-state index in [4.69, 9.17) is 9.72 Å². The number of ether oxygens (including phenoxy) is 1. The maximum Gasteiger partial charge on any atom is 0.274 e. The topological polar surface area (TPSA) is 53.3 Å². The molecule has 1 atom stereocenters. The fourth-order valence-electron chi connectivity index (χ4n) is 4.70. The molecule has 0 aromatic carbocycles. The van der Waals surface area contributed by atoms with Gasteiger partial charge in [0.2, 0.25) is 0 Å². The molecule has 0 aliphatic carbocycles. The zero-order valence-corrected chi connectivity index (χ0v) is 15.7. The number of piperazine rings is 1. The molecular formula is C20H27N5O2. The summed E-state index contributed by atoms with van der Waals surface area (Å²) >= 11 is 0. The van der Waals surface area contributed by atoms with E-state index in [0.717, 1.165) is 37.5 Å². The van der Waals surface area contributed by atoms with Gasteiger partial charge in [-0.3, -0.25) is 14.6 Å². The SMILES string of the molecule is O=C(c1nc2ccccn2c1CN1CCN2CCC[C@H]2C1)N1CCOCC1. The predicted octanol–water partition coefficient (Wildman–Crippen LogP) is 1.09. The number of rotatable bonds is 3. The first-order valence-corrected chi connectivity index (χ1v) is 10.1. The van der Waals surface area contributed by atoms with Crippen molar-refractivity contribution < 1.29 is 9.53 Å². The van der Waals surface area contributed by atoms with Gasteiger partial charge in [-0.15, -0.1) is 0 Å². The van der Waals surface area contributed by atoms with Crippen molar-refractivity contribution in [1.82, 2.24) is 24.1 Å². The summed E-state index contributed by atoms with van der Waals surface area (Å²) in [4.78, 5) is 24.9.